The highest BCUT2D eigenvalue weighted by molar-refractivity contribution is 5.93. The molecule has 1 atom stereocenters. The quantitative estimate of drug-likeness (QED) is 0.774. The number of fused-ring (bicyclic) bond motifs is 1. The van der Waals surface area contributed by atoms with Gasteiger partial charge in [0.05, 0.1) is 6.04 Å². The molecule has 0 aromatic carbocycles. The average Bonchev–Trinajstić information content (AvgIpc) is 3.12. The van der Waals surface area contributed by atoms with Crippen molar-refractivity contribution in [2.24, 2.45) is 0 Å². The number of piperidine rings is 1. The van der Waals surface area contributed by atoms with E-state index in [-0.39, 0.29) is 12.5 Å². The summed E-state index contributed by atoms with van der Waals surface area (Å²) < 4.78 is 39.9. The van der Waals surface area contributed by atoms with Gasteiger partial charge in [-0.2, -0.15) is 13.2 Å². The van der Waals surface area contributed by atoms with E-state index in [2.05, 4.69) is 4.98 Å². The van der Waals surface area contributed by atoms with Crippen molar-refractivity contribution in [1.29, 1.82) is 0 Å². The fourth-order valence-corrected chi connectivity index (χ4v) is 4.07. The third-order valence-electron chi connectivity index (χ3n) is 5.50. The Kier molecular flexibility index (Phi) is 5.20. The molecule has 2 aliphatic heterocycles. The van der Waals surface area contributed by atoms with Crippen LogP contribution in [0.4, 0.5) is 13.2 Å². The number of rotatable bonds is 3. The second kappa shape index (κ2) is 7.66. The minimum absolute atomic E-state index is 0.140. The SMILES string of the molecule is O=C(c1cn2ccccc2n1)N1CCN([C@H]2CCCN(CC(F)(F)F)C2=O)CC1. The summed E-state index contributed by atoms with van der Waals surface area (Å²) in [6.45, 7) is 0.673. The van der Waals surface area contributed by atoms with Crippen LogP contribution < -0.4 is 0 Å². The average molecular weight is 409 g/mol. The van der Waals surface area contributed by atoms with Crippen molar-refractivity contribution in [3.05, 3.63) is 36.3 Å². The lowest BCUT2D eigenvalue weighted by Crippen LogP contribution is -2.59. The maximum atomic E-state index is 12.8. The van der Waals surface area contributed by atoms with Crippen LogP contribution in [0.15, 0.2) is 30.6 Å². The Hall–Kier alpha value is -2.62. The molecular formula is C19H22F3N5O2. The lowest BCUT2D eigenvalue weighted by Gasteiger charge is -2.42. The summed E-state index contributed by atoms with van der Waals surface area (Å²) in [4.78, 5) is 34.1. The Morgan fingerprint density at radius 1 is 1.14 bits per heavy atom. The van der Waals surface area contributed by atoms with Crippen LogP contribution >= 0.6 is 0 Å². The Labute approximate surface area is 165 Å². The lowest BCUT2D eigenvalue weighted by atomic mass is 10.0. The number of imidazole rings is 1. The van der Waals surface area contributed by atoms with Gasteiger partial charge in [-0.15, -0.1) is 0 Å². The maximum absolute atomic E-state index is 12.8. The maximum Gasteiger partial charge on any atom is 0.406 e. The van der Waals surface area contributed by atoms with Crippen LogP contribution in [0.2, 0.25) is 0 Å². The number of piperazine rings is 1. The van der Waals surface area contributed by atoms with Gasteiger partial charge >= 0.3 is 6.18 Å². The van der Waals surface area contributed by atoms with Gasteiger partial charge in [-0.05, 0) is 25.0 Å². The van der Waals surface area contributed by atoms with E-state index >= 15 is 0 Å². The zero-order valence-corrected chi connectivity index (χ0v) is 15.8. The molecular weight excluding hydrogens is 387 g/mol. The lowest BCUT2D eigenvalue weighted by molar-refractivity contribution is -0.168. The third kappa shape index (κ3) is 4.21. The van der Waals surface area contributed by atoms with Crippen molar-refractivity contribution in [3.8, 4) is 0 Å². The minimum atomic E-state index is -4.39. The molecule has 2 aromatic rings. The van der Waals surface area contributed by atoms with E-state index in [4.69, 9.17) is 0 Å². The molecule has 156 valence electrons. The fourth-order valence-electron chi connectivity index (χ4n) is 4.07. The number of amides is 2. The number of halogens is 3. The van der Waals surface area contributed by atoms with Crippen LogP contribution in [0.25, 0.3) is 5.65 Å². The molecule has 0 spiro atoms. The normalized spacial score (nSPS) is 21.8. The standard InChI is InChI=1S/C19H22F3N5O2/c20-19(21,22)13-27-7-3-4-15(18(27)29)24-8-10-25(11-9-24)17(28)14-12-26-6-2-1-5-16(26)23-14/h1-2,5-6,12,15H,3-4,7-11,13H2/t15-/m0/s1. The first kappa shape index (κ1) is 19.7. The van der Waals surface area contributed by atoms with Crippen LogP contribution in [0.1, 0.15) is 23.3 Å². The molecule has 2 amide bonds. The van der Waals surface area contributed by atoms with Crippen LogP contribution in [0.5, 0.6) is 0 Å². The third-order valence-corrected chi connectivity index (χ3v) is 5.50. The topological polar surface area (TPSA) is 61.2 Å². The van der Waals surface area contributed by atoms with Gasteiger partial charge in [0.25, 0.3) is 5.91 Å². The van der Waals surface area contributed by atoms with Gasteiger partial charge < -0.3 is 14.2 Å². The Morgan fingerprint density at radius 2 is 1.90 bits per heavy atom. The van der Waals surface area contributed by atoms with E-state index in [9.17, 15) is 22.8 Å². The zero-order valence-electron chi connectivity index (χ0n) is 15.8. The molecule has 10 heteroatoms. The Morgan fingerprint density at radius 3 is 2.59 bits per heavy atom. The summed E-state index contributed by atoms with van der Waals surface area (Å²) >= 11 is 0. The molecule has 29 heavy (non-hydrogen) atoms. The molecule has 0 bridgehead atoms. The van der Waals surface area contributed by atoms with Crippen molar-refractivity contribution in [3.63, 3.8) is 0 Å². The summed E-state index contributed by atoms with van der Waals surface area (Å²) in [7, 11) is 0. The van der Waals surface area contributed by atoms with E-state index in [1.54, 1.807) is 15.5 Å². The van der Waals surface area contributed by atoms with Crippen LogP contribution in [0.3, 0.4) is 0 Å². The Balaban J connectivity index is 1.37. The summed E-state index contributed by atoms with van der Waals surface area (Å²) in [6.07, 6.45) is 0.208. The molecule has 0 saturated carbocycles. The zero-order chi connectivity index (χ0) is 20.6. The molecule has 0 aliphatic carbocycles. The number of hydrogen-bond donors (Lipinski definition) is 0. The smallest absolute Gasteiger partial charge is 0.335 e. The number of nitrogens with zero attached hydrogens (tertiary/aromatic N) is 5. The highest BCUT2D eigenvalue weighted by atomic mass is 19.4. The molecule has 0 unspecified atom stereocenters. The van der Waals surface area contributed by atoms with Gasteiger partial charge in [-0.25, -0.2) is 4.98 Å². The first-order valence-corrected chi connectivity index (χ1v) is 9.64. The molecule has 7 nitrogen and oxygen atoms in total. The highest BCUT2D eigenvalue weighted by Crippen LogP contribution is 2.24. The van der Waals surface area contributed by atoms with Crippen molar-refractivity contribution in [1.82, 2.24) is 24.1 Å². The summed E-state index contributed by atoms with van der Waals surface area (Å²) in [5.74, 6) is -0.643. The van der Waals surface area contributed by atoms with Gasteiger partial charge in [0, 0.05) is 45.1 Å². The van der Waals surface area contributed by atoms with Crippen molar-refractivity contribution >= 4 is 17.5 Å². The van der Waals surface area contributed by atoms with Gasteiger partial charge in [-0.3, -0.25) is 14.5 Å². The monoisotopic (exact) mass is 409 g/mol. The van der Waals surface area contributed by atoms with Crippen LogP contribution in [-0.2, 0) is 4.79 Å². The Bertz CT molecular complexity index is 872. The summed E-state index contributed by atoms with van der Waals surface area (Å²) in [5.41, 5.74) is 1.04. The van der Waals surface area contributed by atoms with Gasteiger partial charge in [0.2, 0.25) is 5.91 Å². The van der Waals surface area contributed by atoms with Crippen molar-refractivity contribution in [2.45, 2.75) is 25.1 Å². The molecule has 4 heterocycles. The second-order valence-electron chi connectivity index (χ2n) is 7.45. The first-order valence-electron chi connectivity index (χ1n) is 9.64. The molecule has 4 rings (SSSR count). The van der Waals surface area contributed by atoms with Gasteiger partial charge in [0.1, 0.15) is 17.9 Å². The molecule has 2 saturated heterocycles. The molecule has 2 aromatic heterocycles. The fraction of sp³-hybridized carbons (Fsp3) is 0.526. The summed E-state index contributed by atoms with van der Waals surface area (Å²) in [5, 5.41) is 0. The van der Waals surface area contributed by atoms with E-state index in [0.29, 0.717) is 50.4 Å². The molecule has 0 N–H and O–H groups in total. The van der Waals surface area contributed by atoms with E-state index in [1.807, 2.05) is 29.3 Å². The molecule has 0 radical (unpaired) electrons. The van der Waals surface area contributed by atoms with E-state index in [0.717, 1.165) is 4.90 Å². The van der Waals surface area contributed by atoms with Gasteiger partial charge in [0.15, 0.2) is 0 Å². The molecule has 2 fully saturated rings. The van der Waals surface area contributed by atoms with Crippen LogP contribution in [-0.4, -0.2) is 87.4 Å². The second-order valence-corrected chi connectivity index (χ2v) is 7.45. The number of carbonyl (C=O) groups excluding carboxylic acids is 2. The number of alkyl halides is 3. The van der Waals surface area contributed by atoms with E-state index in [1.165, 1.54) is 0 Å². The number of aromatic nitrogens is 2. The predicted octanol–water partition coefficient (Wildman–Crippen LogP) is 1.65. The predicted molar refractivity (Wildman–Crippen MR) is 98.3 cm³/mol. The number of carbonyl (C=O) groups is 2. The number of hydrogen-bond acceptors (Lipinski definition) is 4. The van der Waals surface area contributed by atoms with E-state index < -0.39 is 24.7 Å². The first-order chi connectivity index (χ1) is 13.8. The minimum Gasteiger partial charge on any atom is -0.335 e. The van der Waals surface area contributed by atoms with Crippen LogP contribution in [0, 0.1) is 0 Å². The van der Waals surface area contributed by atoms with Gasteiger partial charge in [-0.1, -0.05) is 6.07 Å². The summed E-state index contributed by atoms with van der Waals surface area (Å²) in [6, 6.07) is 4.97. The largest absolute Gasteiger partial charge is 0.406 e. The highest BCUT2D eigenvalue weighted by Gasteiger charge is 2.40. The molecule has 2 aliphatic rings. The number of likely N-dealkylation sites (tertiary alicyclic amines) is 1. The van der Waals surface area contributed by atoms with Crippen molar-refractivity contribution < 1.29 is 22.8 Å². The number of pyridine rings is 1. The van der Waals surface area contributed by atoms with Crippen molar-refractivity contribution in [2.75, 3.05) is 39.3 Å².